The third-order valence-corrected chi connectivity index (χ3v) is 13.9. The van der Waals surface area contributed by atoms with Crippen LogP contribution in [-0.4, -0.2) is 47.4 Å². The van der Waals surface area contributed by atoms with Crippen molar-refractivity contribution < 1.29 is 24.5 Å². The Bertz CT molecular complexity index is 913. The molecule has 2 unspecified atom stereocenters. The van der Waals surface area contributed by atoms with Crippen LogP contribution in [0.3, 0.4) is 0 Å². The molecule has 0 bridgehead atoms. The summed E-state index contributed by atoms with van der Waals surface area (Å²) in [5.41, 5.74) is 0. The van der Waals surface area contributed by atoms with Crippen LogP contribution < -0.4 is 5.32 Å². The van der Waals surface area contributed by atoms with Crippen molar-refractivity contribution in [1.29, 1.82) is 0 Å². The Morgan fingerprint density at radius 2 is 0.641 bits per heavy atom. The van der Waals surface area contributed by atoms with Gasteiger partial charge in [-0.1, -0.05) is 296 Å². The van der Waals surface area contributed by atoms with Crippen molar-refractivity contribution in [2.75, 3.05) is 13.2 Å². The molecule has 2 atom stereocenters. The van der Waals surface area contributed by atoms with E-state index < -0.39 is 12.1 Å². The molecular weight excluding hydrogens is 791 g/mol. The van der Waals surface area contributed by atoms with E-state index in [1.54, 1.807) is 0 Å². The van der Waals surface area contributed by atoms with Crippen molar-refractivity contribution in [2.45, 2.75) is 347 Å². The highest BCUT2D eigenvalue weighted by Crippen LogP contribution is 2.18. The minimum Gasteiger partial charge on any atom is -0.466 e. The van der Waals surface area contributed by atoms with Gasteiger partial charge >= 0.3 is 5.97 Å². The molecule has 3 N–H and O–H groups in total. The number of hydrogen-bond donors (Lipinski definition) is 3. The van der Waals surface area contributed by atoms with Gasteiger partial charge in [0.1, 0.15) is 0 Å². The lowest BCUT2D eigenvalue weighted by Crippen LogP contribution is -2.45. The first-order valence-corrected chi connectivity index (χ1v) is 29.3. The van der Waals surface area contributed by atoms with E-state index in [4.69, 9.17) is 4.74 Å². The Hall–Kier alpha value is -1.14. The fraction of sp³-hybridized carbons (Fsp3) is 0.966. The predicted molar refractivity (Wildman–Crippen MR) is 278 cm³/mol. The molecule has 64 heavy (non-hydrogen) atoms. The van der Waals surface area contributed by atoms with E-state index in [1.165, 1.54) is 263 Å². The summed E-state index contributed by atoms with van der Waals surface area (Å²) in [7, 11) is 0. The van der Waals surface area contributed by atoms with E-state index >= 15 is 0 Å². The number of ether oxygens (including phenoxy) is 1. The van der Waals surface area contributed by atoms with E-state index in [1.807, 2.05) is 0 Å². The molecule has 0 aliphatic carbocycles. The van der Waals surface area contributed by atoms with Crippen LogP contribution in [0, 0.1) is 0 Å². The lowest BCUT2D eigenvalue weighted by Gasteiger charge is -2.22. The fourth-order valence-electron chi connectivity index (χ4n) is 9.41. The average molecular weight is 907 g/mol. The minimum atomic E-state index is -0.661. The summed E-state index contributed by atoms with van der Waals surface area (Å²) in [6.07, 6.45) is 62.5. The normalized spacial score (nSPS) is 12.5. The van der Waals surface area contributed by atoms with Gasteiger partial charge in [0.15, 0.2) is 0 Å². The second kappa shape index (κ2) is 54.5. The molecule has 0 aliphatic heterocycles. The van der Waals surface area contributed by atoms with Crippen LogP contribution in [0.2, 0.25) is 0 Å². The molecule has 0 radical (unpaired) electrons. The quantitative estimate of drug-likeness (QED) is 0.0417. The first-order chi connectivity index (χ1) is 31.5. The molecule has 0 aliphatic rings. The maximum atomic E-state index is 12.4. The van der Waals surface area contributed by atoms with Crippen molar-refractivity contribution in [3.8, 4) is 0 Å². The average Bonchev–Trinajstić information content (AvgIpc) is 3.29. The Morgan fingerprint density at radius 3 is 0.953 bits per heavy atom. The highest BCUT2D eigenvalue weighted by molar-refractivity contribution is 5.76. The van der Waals surface area contributed by atoms with Crippen LogP contribution in [0.5, 0.6) is 0 Å². The van der Waals surface area contributed by atoms with Gasteiger partial charge in [-0.25, -0.2) is 0 Å². The zero-order valence-electron chi connectivity index (χ0n) is 43.5. The SMILES string of the molecule is CCCCCCCCCCCCCCCCC(=O)OCCCCCCCCCCCCCCCCCCCCCCCCC(=O)NC(CO)C(O)CCCCCCCCCCCCC. The van der Waals surface area contributed by atoms with Crippen molar-refractivity contribution in [2.24, 2.45) is 0 Å². The number of aliphatic hydroxyl groups is 2. The molecule has 0 saturated carbocycles. The van der Waals surface area contributed by atoms with Crippen LogP contribution in [0.1, 0.15) is 335 Å². The lowest BCUT2D eigenvalue weighted by atomic mass is 10.0. The number of carbonyl (C=O) groups excluding carboxylic acids is 2. The fourth-order valence-corrected chi connectivity index (χ4v) is 9.41. The Kier molecular flexibility index (Phi) is 53.5. The van der Waals surface area contributed by atoms with Gasteiger partial charge in [0, 0.05) is 12.8 Å². The van der Waals surface area contributed by atoms with Gasteiger partial charge in [0.2, 0.25) is 5.91 Å². The summed E-state index contributed by atoms with van der Waals surface area (Å²) in [6, 6.07) is -0.538. The number of rotatable bonds is 55. The predicted octanol–water partition coefficient (Wildman–Crippen LogP) is 17.9. The number of nitrogens with one attached hydrogen (secondary N) is 1. The van der Waals surface area contributed by atoms with Crippen LogP contribution >= 0.6 is 0 Å². The van der Waals surface area contributed by atoms with Crippen LogP contribution in [0.15, 0.2) is 0 Å². The molecule has 6 heteroatoms. The van der Waals surface area contributed by atoms with E-state index in [2.05, 4.69) is 19.2 Å². The topological polar surface area (TPSA) is 95.9 Å². The summed E-state index contributed by atoms with van der Waals surface area (Å²) in [4.78, 5) is 24.5. The van der Waals surface area contributed by atoms with E-state index in [9.17, 15) is 19.8 Å². The maximum absolute atomic E-state index is 12.4. The number of amides is 1. The molecule has 0 spiro atoms. The minimum absolute atomic E-state index is 0.0162. The summed E-state index contributed by atoms with van der Waals surface area (Å²) < 4.78 is 5.48. The smallest absolute Gasteiger partial charge is 0.305 e. The maximum Gasteiger partial charge on any atom is 0.305 e. The van der Waals surface area contributed by atoms with E-state index in [0.29, 0.717) is 25.9 Å². The first-order valence-electron chi connectivity index (χ1n) is 29.3. The van der Waals surface area contributed by atoms with Crippen LogP contribution in [-0.2, 0) is 14.3 Å². The molecular formula is C58H115NO5. The number of carbonyl (C=O) groups is 2. The van der Waals surface area contributed by atoms with Gasteiger partial charge in [-0.05, 0) is 25.7 Å². The Balaban J connectivity index is 3.34. The Labute approximate surface area is 400 Å². The monoisotopic (exact) mass is 906 g/mol. The molecule has 0 rings (SSSR count). The highest BCUT2D eigenvalue weighted by atomic mass is 16.5. The lowest BCUT2D eigenvalue weighted by molar-refractivity contribution is -0.143. The van der Waals surface area contributed by atoms with Gasteiger partial charge in [0.05, 0.1) is 25.4 Å². The summed E-state index contributed by atoms with van der Waals surface area (Å²) in [5, 5.41) is 23.2. The molecule has 0 aromatic rings. The van der Waals surface area contributed by atoms with Gasteiger partial charge in [0.25, 0.3) is 0 Å². The van der Waals surface area contributed by atoms with Crippen molar-refractivity contribution in [3.63, 3.8) is 0 Å². The third kappa shape index (κ3) is 50.3. The second-order valence-electron chi connectivity index (χ2n) is 20.3. The molecule has 0 fully saturated rings. The molecule has 382 valence electrons. The van der Waals surface area contributed by atoms with Crippen molar-refractivity contribution in [3.05, 3.63) is 0 Å². The number of unbranched alkanes of at least 4 members (excludes halogenated alkanes) is 44. The second-order valence-corrected chi connectivity index (χ2v) is 20.3. The molecule has 0 saturated heterocycles. The molecule has 0 aromatic heterocycles. The van der Waals surface area contributed by atoms with Crippen molar-refractivity contribution >= 4 is 11.9 Å². The molecule has 1 amide bonds. The van der Waals surface area contributed by atoms with Crippen LogP contribution in [0.25, 0.3) is 0 Å². The molecule has 0 heterocycles. The summed E-state index contributed by atoms with van der Waals surface area (Å²) >= 11 is 0. The van der Waals surface area contributed by atoms with Gasteiger partial charge in [-0.15, -0.1) is 0 Å². The van der Waals surface area contributed by atoms with Gasteiger partial charge in [-0.3, -0.25) is 9.59 Å². The summed E-state index contributed by atoms with van der Waals surface area (Å²) in [5.74, 6) is -0.0181. The highest BCUT2D eigenvalue weighted by Gasteiger charge is 2.20. The Morgan fingerprint density at radius 1 is 0.375 bits per heavy atom. The van der Waals surface area contributed by atoms with Gasteiger partial charge < -0.3 is 20.3 Å². The van der Waals surface area contributed by atoms with E-state index in [-0.39, 0.29) is 18.5 Å². The zero-order valence-corrected chi connectivity index (χ0v) is 43.5. The standard InChI is InChI=1S/C58H115NO5/c1-3-5-7-9-11-13-15-16-28-32-36-40-44-48-52-58(63)64-53-49-45-41-37-33-29-26-24-22-20-18-17-19-21-23-25-27-31-35-39-43-47-51-57(62)59-55(54-60)56(61)50-46-42-38-34-30-14-12-10-8-6-4-2/h55-56,60-61H,3-54H2,1-2H3,(H,59,62). The zero-order chi connectivity index (χ0) is 46.5. The van der Waals surface area contributed by atoms with Gasteiger partial charge in [-0.2, -0.15) is 0 Å². The van der Waals surface area contributed by atoms with Crippen LogP contribution in [0.4, 0.5) is 0 Å². The number of hydrogen-bond acceptors (Lipinski definition) is 5. The summed E-state index contributed by atoms with van der Waals surface area (Å²) in [6.45, 7) is 4.97. The molecule has 0 aromatic carbocycles. The van der Waals surface area contributed by atoms with E-state index in [0.717, 1.165) is 38.5 Å². The number of esters is 1. The largest absolute Gasteiger partial charge is 0.466 e. The molecule has 6 nitrogen and oxygen atoms in total. The van der Waals surface area contributed by atoms with Crippen molar-refractivity contribution in [1.82, 2.24) is 5.32 Å². The first kappa shape index (κ1) is 62.9. The number of aliphatic hydroxyl groups excluding tert-OH is 2. The third-order valence-electron chi connectivity index (χ3n) is 13.9.